The van der Waals surface area contributed by atoms with E-state index in [9.17, 15) is 0 Å². The zero-order valence-electron chi connectivity index (χ0n) is 16.4. The van der Waals surface area contributed by atoms with Gasteiger partial charge in [-0.3, -0.25) is 0 Å². The molecule has 24 heavy (non-hydrogen) atoms. The van der Waals surface area contributed by atoms with Gasteiger partial charge in [-0.2, -0.15) is 0 Å². The van der Waals surface area contributed by atoms with Crippen molar-refractivity contribution >= 4 is 34.4 Å². The van der Waals surface area contributed by atoms with E-state index >= 15 is 0 Å². The molecule has 2 N–H and O–H groups in total. The summed E-state index contributed by atoms with van der Waals surface area (Å²) in [4.78, 5) is 0. The zero-order chi connectivity index (χ0) is 17.4. The molecule has 146 valence electrons. The van der Waals surface area contributed by atoms with Gasteiger partial charge >= 0.3 is 0 Å². The van der Waals surface area contributed by atoms with Crippen molar-refractivity contribution in [1.82, 2.24) is 10.6 Å². The normalized spacial score (nSPS) is 11.0. The number of ether oxygens (including phenoxy) is 1. The minimum absolute atomic E-state index is 0. The van der Waals surface area contributed by atoms with Crippen molar-refractivity contribution in [1.29, 1.82) is 0 Å². The third-order valence-electron chi connectivity index (χ3n) is 4.17. The molecule has 0 amide bonds. The Morgan fingerprint density at radius 2 is 1.46 bits per heavy atom. The van der Waals surface area contributed by atoms with Crippen molar-refractivity contribution in [2.24, 2.45) is 0 Å². The molecule has 0 aliphatic carbocycles. The SMILES string of the molecule is Br.CCCCCCCCCCCC(C)(C)NCCOC(=S)NCC. The Hall–Kier alpha value is 0.130. The van der Waals surface area contributed by atoms with E-state index in [0.717, 1.165) is 13.1 Å². The predicted molar refractivity (Wildman–Crippen MR) is 116 cm³/mol. The predicted octanol–water partition coefficient (Wildman–Crippen LogP) is 5.76. The van der Waals surface area contributed by atoms with Crippen molar-refractivity contribution in [3.05, 3.63) is 0 Å². The summed E-state index contributed by atoms with van der Waals surface area (Å²) in [5, 5.41) is 7.07. The molecule has 0 aromatic heterocycles. The van der Waals surface area contributed by atoms with Gasteiger partial charge in [-0.05, 0) is 39.4 Å². The van der Waals surface area contributed by atoms with E-state index in [1.54, 1.807) is 0 Å². The fourth-order valence-corrected chi connectivity index (χ4v) is 2.92. The summed E-state index contributed by atoms with van der Waals surface area (Å²) in [5.41, 5.74) is 0.185. The van der Waals surface area contributed by atoms with E-state index in [2.05, 4.69) is 31.4 Å². The monoisotopic (exact) mass is 424 g/mol. The number of nitrogens with one attached hydrogen (secondary N) is 2. The second-order valence-electron chi connectivity index (χ2n) is 7.06. The molecular weight excluding hydrogens is 384 g/mol. The first-order valence-corrected chi connectivity index (χ1v) is 10.1. The van der Waals surface area contributed by atoms with Gasteiger partial charge < -0.3 is 15.4 Å². The van der Waals surface area contributed by atoms with Gasteiger partial charge in [-0.1, -0.05) is 64.7 Å². The Morgan fingerprint density at radius 3 is 2.00 bits per heavy atom. The van der Waals surface area contributed by atoms with Crippen molar-refractivity contribution < 1.29 is 4.74 Å². The highest BCUT2D eigenvalue weighted by Crippen LogP contribution is 2.16. The molecule has 0 aromatic rings. The van der Waals surface area contributed by atoms with Gasteiger partial charge in [0.15, 0.2) is 0 Å². The summed E-state index contributed by atoms with van der Waals surface area (Å²) < 4.78 is 5.43. The van der Waals surface area contributed by atoms with Gasteiger partial charge in [0.25, 0.3) is 5.17 Å². The molecule has 0 bridgehead atoms. The van der Waals surface area contributed by atoms with Crippen LogP contribution in [0.1, 0.15) is 91.9 Å². The van der Waals surface area contributed by atoms with Crippen LogP contribution in [0.25, 0.3) is 0 Å². The fourth-order valence-electron chi connectivity index (χ4n) is 2.69. The van der Waals surface area contributed by atoms with Gasteiger partial charge in [-0.25, -0.2) is 0 Å². The van der Waals surface area contributed by atoms with Gasteiger partial charge in [0.05, 0.1) is 0 Å². The molecule has 0 radical (unpaired) electrons. The second kappa shape index (κ2) is 17.9. The van der Waals surface area contributed by atoms with Gasteiger partial charge in [0, 0.05) is 18.6 Å². The smallest absolute Gasteiger partial charge is 0.256 e. The Kier molecular flexibility index (Phi) is 19.7. The lowest BCUT2D eigenvalue weighted by molar-refractivity contribution is 0.262. The van der Waals surface area contributed by atoms with E-state index in [-0.39, 0.29) is 22.5 Å². The molecule has 0 fully saturated rings. The van der Waals surface area contributed by atoms with Crippen LogP contribution in [0.2, 0.25) is 0 Å². The molecule has 0 aromatic carbocycles. The maximum Gasteiger partial charge on any atom is 0.256 e. The van der Waals surface area contributed by atoms with Crippen molar-refractivity contribution in [2.45, 2.75) is 97.4 Å². The van der Waals surface area contributed by atoms with Crippen LogP contribution in [-0.2, 0) is 4.74 Å². The van der Waals surface area contributed by atoms with Crippen molar-refractivity contribution in [3.63, 3.8) is 0 Å². The van der Waals surface area contributed by atoms with Gasteiger partial charge in [0.1, 0.15) is 6.61 Å². The lowest BCUT2D eigenvalue weighted by atomic mass is 9.96. The number of unbranched alkanes of at least 4 members (excludes halogenated alkanes) is 8. The van der Waals surface area contributed by atoms with E-state index in [1.807, 2.05) is 6.92 Å². The average molecular weight is 426 g/mol. The Bertz CT molecular complexity index is 289. The Labute approximate surface area is 166 Å². The van der Waals surface area contributed by atoms with Gasteiger partial charge in [-0.15, -0.1) is 17.0 Å². The highest BCUT2D eigenvalue weighted by atomic mass is 79.9. The largest absolute Gasteiger partial charge is 0.470 e. The van der Waals surface area contributed by atoms with Crippen LogP contribution in [0, 0.1) is 0 Å². The fraction of sp³-hybridized carbons (Fsp3) is 0.947. The Balaban J connectivity index is 0. The number of hydrogen-bond donors (Lipinski definition) is 2. The molecule has 0 unspecified atom stereocenters. The summed E-state index contributed by atoms with van der Waals surface area (Å²) in [6.45, 7) is 11.1. The van der Waals surface area contributed by atoms with E-state index in [0.29, 0.717) is 11.8 Å². The number of hydrogen-bond acceptors (Lipinski definition) is 3. The standard InChI is InChI=1S/C19H40N2OS.BrH/c1-5-7-8-9-10-11-12-13-14-15-19(3,4)21-16-17-22-18(23)20-6-2;/h21H,5-17H2,1-4H3,(H,20,23);1H. The molecule has 0 rings (SSSR count). The average Bonchev–Trinajstić information content (AvgIpc) is 2.50. The van der Waals surface area contributed by atoms with Crippen LogP contribution < -0.4 is 10.6 Å². The van der Waals surface area contributed by atoms with Crippen LogP contribution in [0.3, 0.4) is 0 Å². The molecule has 0 heterocycles. The van der Waals surface area contributed by atoms with Crippen LogP contribution in [0.5, 0.6) is 0 Å². The molecule has 0 saturated carbocycles. The number of halogens is 1. The van der Waals surface area contributed by atoms with Crippen LogP contribution in [-0.4, -0.2) is 30.4 Å². The maximum atomic E-state index is 5.43. The summed E-state index contributed by atoms with van der Waals surface area (Å²) in [7, 11) is 0. The van der Waals surface area contributed by atoms with E-state index < -0.39 is 0 Å². The first kappa shape index (κ1) is 26.4. The lowest BCUT2D eigenvalue weighted by Crippen LogP contribution is -2.41. The molecule has 0 spiro atoms. The summed E-state index contributed by atoms with van der Waals surface area (Å²) in [5.74, 6) is 0. The zero-order valence-corrected chi connectivity index (χ0v) is 18.9. The van der Waals surface area contributed by atoms with Gasteiger partial charge in [0.2, 0.25) is 0 Å². The van der Waals surface area contributed by atoms with E-state index in [1.165, 1.54) is 64.2 Å². The summed E-state index contributed by atoms with van der Waals surface area (Å²) in [6.07, 6.45) is 13.7. The first-order chi connectivity index (χ1) is 11.0. The topological polar surface area (TPSA) is 33.3 Å². The summed E-state index contributed by atoms with van der Waals surface area (Å²) in [6, 6.07) is 0. The highest BCUT2D eigenvalue weighted by Gasteiger charge is 2.15. The molecule has 0 aliphatic rings. The minimum atomic E-state index is 0. The second-order valence-corrected chi connectivity index (χ2v) is 7.43. The van der Waals surface area contributed by atoms with Crippen LogP contribution >= 0.6 is 29.2 Å². The highest BCUT2D eigenvalue weighted by molar-refractivity contribution is 8.93. The lowest BCUT2D eigenvalue weighted by Gasteiger charge is -2.26. The first-order valence-electron chi connectivity index (χ1n) is 9.67. The molecule has 0 aliphatic heterocycles. The number of thiocarbonyl (C=S) groups is 1. The van der Waals surface area contributed by atoms with Crippen LogP contribution in [0.15, 0.2) is 0 Å². The van der Waals surface area contributed by atoms with E-state index in [4.69, 9.17) is 17.0 Å². The molecule has 3 nitrogen and oxygen atoms in total. The van der Waals surface area contributed by atoms with Crippen molar-refractivity contribution in [3.8, 4) is 0 Å². The van der Waals surface area contributed by atoms with Crippen molar-refractivity contribution in [2.75, 3.05) is 19.7 Å². The quantitative estimate of drug-likeness (QED) is 0.258. The molecule has 0 atom stereocenters. The molecule has 5 heteroatoms. The third kappa shape index (κ3) is 18.5. The molecule has 0 saturated heterocycles. The van der Waals surface area contributed by atoms with Crippen LogP contribution in [0.4, 0.5) is 0 Å². The Morgan fingerprint density at radius 1 is 0.917 bits per heavy atom. The summed E-state index contributed by atoms with van der Waals surface area (Å²) >= 11 is 5.04. The number of rotatable bonds is 15. The minimum Gasteiger partial charge on any atom is -0.470 e. The maximum absolute atomic E-state index is 5.43. The molecular formula is C19H41BrN2OS. The third-order valence-corrected chi connectivity index (χ3v) is 4.43.